The number of fused-ring (bicyclic) bond motifs is 3. The van der Waals surface area contributed by atoms with E-state index in [1.165, 1.54) is 24.3 Å². The molecule has 2 aromatic heterocycles. The lowest BCUT2D eigenvalue weighted by molar-refractivity contribution is -0.274. The molecule has 0 amide bonds. The van der Waals surface area contributed by atoms with Crippen LogP contribution in [0.25, 0.3) is 27.6 Å². The molecule has 0 radical (unpaired) electrons. The van der Waals surface area contributed by atoms with E-state index < -0.39 is 6.36 Å². The Morgan fingerprint density at radius 3 is 2.45 bits per heavy atom. The molecule has 0 aliphatic heterocycles. The van der Waals surface area contributed by atoms with Gasteiger partial charge in [-0.15, -0.1) is 13.2 Å². The molecule has 38 heavy (non-hydrogen) atoms. The maximum atomic E-state index is 12.4. The summed E-state index contributed by atoms with van der Waals surface area (Å²) in [7, 11) is 0. The first-order chi connectivity index (χ1) is 18.2. The standard InChI is InChI=1S/C27H21F3N6OS/c1-16-4-3-5-17(2)23(16)34-26(38)35-33-14-18-12-19-6-11-22-25(24(19)31-13-18)32-15-36(22)20-7-9-21(10-8-20)37-27(28,29)30/h3-15H,1-2H3,(H2,34,35,38)/b33-14+. The SMILES string of the molecule is Cc1cccc(C)c1NC(=S)N/N=C/c1cnc2c(ccc3c2ncn3-c2ccc(OC(F)(F)F)cc2)c1. The van der Waals surface area contributed by atoms with Crippen LogP contribution >= 0.6 is 12.2 Å². The number of pyridine rings is 1. The average molecular weight is 535 g/mol. The van der Waals surface area contributed by atoms with Gasteiger partial charge in [-0.3, -0.25) is 15.0 Å². The number of hydrazone groups is 1. The number of aromatic nitrogens is 3. The van der Waals surface area contributed by atoms with Crippen LogP contribution < -0.4 is 15.5 Å². The Bertz CT molecular complexity index is 1660. The number of aryl methyl sites for hydroxylation is 2. The van der Waals surface area contributed by atoms with Crippen LogP contribution in [-0.4, -0.2) is 32.2 Å². The second kappa shape index (κ2) is 10.1. The zero-order valence-corrected chi connectivity index (χ0v) is 21.1. The molecule has 0 unspecified atom stereocenters. The van der Waals surface area contributed by atoms with Gasteiger partial charge in [0.25, 0.3) is 0 Å². The Hall–Kier alpha value is -4.51. The molecule has 192 valence electrons. The molecule has 2 N–H and O–H groups in total. The van der Waals surface area contributed by atoms with Gasteiger partial charge in [0.15, 0.2) is 5.11 Å². The Morgan fingerprint density at radius 1 is 1.00 bits per heavy atom. The number of alkyl halides is 3. The van der Waals surface area contributed by atoms with Crippen molar-refractivity contribution >= 4 is 51.2 Å². The summed E-state index contributed by atoms with van der Waals surface area (Å²) in [6.45, 7) is 4.01. The van der Waals surface area contributed by atoms with Crippen LogP contribution in [0.3, 0.4) is 0 Å². The zero-order chi connectivity index (χ0) is 26.9. The molecule has 0 aliphatic carbocycles. The summed E-state index contributed by atoms with van der Waals surface area (Å²) >= 11 is 5.35. The van der Waals surface area contributed by atoms with Crippen LogP contribution in [0, 0.1) is 13.8 Å². The van der Waals surface area contributed by atoms with Gasteiger partial charge >= 0.3 is 6.36 Å². The number of benzene rings is 3. The van der Waals surface area contributed by atoms with Crippen LogP contribution in [0.4, 0.5) is 18.9 Å². The number of para-hydroxylation sites is 1. The number of hydrogen-bond donors (Lipinski definition) is 2. The minimum atomic E-state index is -4.74. The van der Waals surface area contributed by atoms with E-state index in [4.69, 9.17) is 12.2 Å². The molecule has 0 spiro atoms. The van der Waals surface area contributed by atoms with Crippen molar-refractivity contribution in [3.63, 3.8) is 0 Å². The Kier molecular flexibility index (Phi) is 6.68. The smallest absolute Gasteiger partial charge is 0.406 e. The highest BCUT2D eigenvalue weighted by atomic mass is 32.1. The van der Waals surface area contributed by atoms with Crippen molar-refractivity contribution in [1.29, 1.82) is 0 Å². The first kappa shape index (κ1) is 25.2. The van der Waals surface area contributed by atoms with E-state index in [2.05, 4.69) is 30.5 Å². The number of imidazole rings is 1. The van der Waals surface area contributed by atoms with Gasteiger partial charge in [-0.1, -0.05) is 24.3 Å². The molecule has 0 atom stereocenters. The Labute approximate surface area is 221 Å². The topological polar surface area (TPSA) is 76.4 Å². The van der Waals surface area contributed by atoms with Crippen LogP contribution in [0.2, 0.25) is 0 Å². The molecule has 0 fully saturated rings. The van der Waals surface area contributed by atoms with Gasteiger partial charge in [0.2, 0.25) is 0 Å². The largest absolute Gasteiger partial charge is 0.573 e. The minimum Gasteiger partial charge on any atom is -0.406 e. The van der Waals surface area contributed by atoms with E-state index in [-0.39, 0.29) is 5.75 Å². The molecular formula is C27H21F3N6OS. The highest BCUT2D eigenvalue weighted by Gasteiger charge is 2.31. The summed E-state index contributed by atoms with van der Waals surface area (Å²) in [5.41, 5.74) is 9.46. The predicted molar refractivity (Wildman–Crippen MR) is 146 cm³/mol. The third-order valence-corrected chi connectivity index (χ3v) is 6.03. The van der Waals surface area contributed by atoms with Gasteiger partial charge in [0.1, 0.15) is 17.6 Å². The quantitative estimate of drug-likeness (QED) is 0.154. The monoisotopic (exact) mass is 534 g/mol. The fourth-order valence-electron chi connectivity index (χ4n) is 4.10. The summed E-state index contributed by atoms with van der Waals surface area (Å²) in [5, 5.41) is 8.62. The van der Waals surface area contributed by atoms with E-state index >= 15 is 0 Å². The van der Waals surface area contributed by atoms with Crippen molar-refractivity contribution in [1.82, 2.24) is 20.0 Å². The van der Waals surface area contributed by atoms with E-state index in [0.29, 0.717) is 21.8 Å². The van der Waals surface area contributed by atoms with Crippen molar-refractivity contribution in [3.05, 3.63) is 89.9 Å². The van der Waals surface area contributed by atoms with Crippen LogP contribution in [0.5, 0.6) is 5.75 Å². The first-order valence-electron chi connectivity index (χ1n) is 11.5. The minimum absolute atomic E-state index is 0.289. The molecule has 11 heteroatoms. The number of ether oxygens (including phenoxy) is 1. The number of halogens is 3. The van der Waals surface area contributed by atoms with E-state index in [0.717, 1.165) is 33.3 Å². The van der Waals surface area contributed by atoms with Crippen molar-refractivity contribution in [3.8, 4) is 11.4 Å². The molecule has 3 aromatic carbocycles. The molecule has 7 nitrogen and oxygen atoms in total. The number of rotatable bonds is 5. The number of nitrogens with one attached hydrogen (secondary N) is 2. The van der Waals surface area contributed by atoms with Crippen molar-refractivity contribution < 1.29 is 17.9 Å². The maximum absolute atomic E-state index is 12.4. The van der Waals surface area contributed by atoms with Crippen LogP contribution in [0.15, 0.2) is 78.3 Å². The normalized spacial score (nSPS) is 11.8. The van der Waals surface area contributed by atoms with E-state index in [9.17, 15) is 13.2 Å². The number of thiocarbonyl (C=S) groups is 1. The summed E-state index contributed by atoms with van der Waals surface area (Å²) < 4.78 is 43.1. The number of anilines is 1. The van der Waals surface area contributed by atoms with Crippen molar-refractivity contribution in [2.24, 2.45) is 5.10 Å². The number of hydrogen-bond acceptors (Lipinski definition) is 5. The summed E-state index contributed by atoms with van der Waals surface area (Å²) in [6, 6.07) is 17.3. The maximum Gasteiger partial charge on any atom is 0.573 e. The highest BCUT2D eigenvalue weighted by Crippen LogP contribution is 2.28. The van der Waals surface area contributed by atoms with Gasteiger partial charge in [0.05, 0.1) is 17.2 Å². The van der Waals surface area contributed by atoms with Gasteiger partial charge < -0.3 is 10.1 Å². The van der Waals surface area contributed by atoms with Crippen LogP contribution in [0.1, 0.15) is 16.7 Å². The lowest BCUT2D eigenvalue weighted by atomic mass is 10.1. The lowest BCUT2D eigenvalue weighted by Gasteiger charge is -2.12. The Balaban J connectivity index is 1.32. The van der Waals surface area contributed by atoms with Gasteiger partial charge in [-0.25, -0.2) is 4.98 Å². The summed E-state index contributed by atoms with van der Waals surface area (Å²) in [4.78, 5) is 9.06. The highest BCUT2D eigenvalue weighted by molar-refractivity contribution is 7.80. The number of nitrogens with zero attached hydrogens (tertiary/aromatic N) is 4. The summed E-state index contributed by atoms with van der Waals surface area (Å²) in [6.07, 6.45) is 0.168. The van der Waals surface area contributed by atoms with Gasteiger partial charge in [-0.05, 0) is 73.6 Å². The molecule has 5 rings (SSSR count). The average Bonchev–Trinajstić information content (AvgIpc) is 3.30. The molecular weight excluding hydrogens is 513 g/mol. The molecule has 0 aliphatic rings. The van der Waals surface area contributed by atoms with Gasteiger partial charge in [-0.2, -0.15) is 5.10 Å². The Morgan fingerprint density at radius 2 is 1.74 bits per heavy atom. The fourth-order valence-corrected chi connectivity index (χ4v) is 4.25. The molecule has 0 saturated heterocycles. The van der Waals surface area contributed by atoms with Crippen molar-refractivity contribution in [2.75, 3.05) is 5.32 Å². The second-order valence-electron chi connectivity index (χ2n) is 8.52. The fraction of sp³-hybridized carbons (Fsp3) is 0.111. The molecule has 5 aromatic rings. The predicted octanol–water partition coefficient (Wildman–Crippen LogP) is 6.41. The van der Waals surface area contributed by atoms with Crippen LogP contribution in [-0.2, 0) is 0 Å². The lowest BCUT2D eigenvalue weighted by Crippen LogP contribution is -2.24. The third-order valence-electron chi connectivity index (χ3n) is 5.84. The third kappa shape index (κ3) is 5.42. The summed E-state index contributed by atoms with van der Waals surface area (Å²) in [5.74, 6) is -0.289. The van der Waals surface area contributed by atoms with E-state index in [1.807, 2.05) is 50.2 Å². The van der Waals surface area contributed by atoms with E-state index in [1.54, 1.807) is 23.3 Å². The molecule has 0 bridgehead atoms. The second-order valence-corrected chi connectivity index (χ2v) is 8.93. The molecule has 0 saturated carbocycles. The van der Waals surface area contributed by atoms with Crippen molar-refractivity contribution in [2.45, 2.75) is 20.2 Å². The first-order valence-corrected chi connectivity index (χ1v) is 11.9. The van der Waals surface area contributed by atoms with Gasteiger partial charge in [0, 0.05) is 28.5 Å². The molecule has 2 heterocycles. The zero-order valence-electron chi connectivity index (χ0n) is 20.2.